The molecule has 6 nitrogen and oxygen atoms in total. The second-order valence-corrected chi connectivity index (χ2v) is 6.63. The molecule has 2 N–H and O–H groups in total. The van der Waals surface area contributed by atoms with E-state index in [9.17, 15) is 0 Å². The standard InChI is InChI=1S/C19H32N4O2/c1-5-20-18(21-14-16-6-8-17(24-4)9-7-16)22-15-19(23(2)3)10-12-25-13-11-19/h6-9H,5,10-15H2,1-4H3,(H2,20,21,22). The van der Waals surface area contributed by atoms with Crippen molar-refractivity contribution in [2.24, 2.45) is 4.99 Å². The van der Waals surface area contributed by atoms with Crippen LogP contribution >= 0.6 is 0 Å². The van der Waals surface area contributed by atoms with E-state index in [4.69, 9.17) is 14.5 Å². The molecular weight excluding hydrogens is 316 g/mol. The molecule has 0 aromatic heterocycles. The Morgan fingerprint density at radius 1 is 1.20 bits per heavy atom. The number of methoxy groups -OCH3 is 1. The third-order valence-corrected chi connectivity index (χ3v) is 4.88. The lowest BCUT2D eigenvalue weighted by Gasteiger charge is -2.43. The zero-order chi connectivity index (χ0) is 18.1. The van der Waals surface area contributed by atoms with E-state index >= 15 is 0 Å². The monoisotopic (exact) mass is 348 g/mol. The first-order valence-electron chi connectivity index (χ1n) is 9.00. The number of benzene rings is 1. The van der Waals surface area contributed by atoms with Gasteiger partial charge in [-0.3, -0.25) is 0 Å². The second kappa shape index (κ2) is 9.63. The highest BCUT2D eigenvalue weighted by molar-refractivity contribution is 5.79. The van der Waals surface area contributed by atoms with Crippen molar-refractivity contribution >= 4 is 5.96 Å². The second-order valence-electron chi connectivity index (χ2n) is 6.63. The molecule has 140 valence electrons. The number of likely N-dealkylation sites (N-methyl/N-ethyl adjacent to an activating group) is 1. The molecule has 1 aliphatic heterocycles. The van der Waals surface area contributed by atoms with E-state index in [1.54, 1.807) is 7.11 Å². The highest BCUT2D eigenvalue weighted by atomic mass is 16.5. The first kappa shape index (κ1) is 19.5. The predicted octanol–water partition coefficient (Wildman–Crippen LogP) is 1.86. The van der Waals surface area contributed by atoms with Gasteiger partial charge in [0.05, 0.1) is 13.7 Å². The molecule has 1 aromatic carbocycles. The molecule has 1 saturated heterocycles. The fourth-order valence-electron chi connectivity index (χ4n) is 3.02. The maximum atomic E-state index is 5.54. The molecule has 0 unspecified atom stereocenters. The number of nitrogens with zero attached hydrogens (tertiary/aromatic N) is 2. The summed E-state index contributed by atoms with van der Waals surface area (Å²) in [6.07, 6.45) is 2.07. The van der Waals surface area contributed by atoms with Crippen LogP contribution in [0.15, 0.2) is 29.3 Å². The SMILES string of the molecule is CCNC(=NCc1ccc(OC)cc1)NCC1(N(C)C)CCOCC1. The van der Waals surface area contributed by atoms with Gasteiger partial charge in [0.25, 0.3) is 0 Å². The van der Waals surface area contributed by atoms with Crippen LogP contribution in [0.1, 0.15) is 25.3 Å². The van der Waals surface area contributed by atoms with E-state index in [0.717, 1.165) is 56.4 Å². The fourth-order valence-corrected chi connectivity index (χ4v) is 3.02. The van der Waals surface area contributed by atoms with E-state index in [1.165, 1.54) is 0 Å². The average Bonchev–Trinajstić information content (AvgIpc) is 2.65. The Hall–Kier alpha value is -1.79. The van der Waals surface area contributed by atoms with Crippen LogP contribution in [0.2, 0.25) is 0 Å². The molecule has 0 atom stereocenters. The largest absolute Gasteiger partial charge is 0.497 e. The van der Waals surface area contributed by atoms with Crippen LogP contribution in [-0.2, 0) is 11.3 Å². The minimum atomic E-state index is 0.120. The summed E-state index contributed by atoms with van der Waals surface area (Å²) in [6.45, 7) is 6.06. The quantitative estimate of drug-likeness (QED) is 0.582. The van der Waals surface area contributed by atoms with Crippen molar-refractivity contribution < 1.29 is 9.47 Å². The van der Waals surface area contributed by atoms with Crippen molar-refractivity contribution in [1.82, 2.24) is 15.5 Å². The van der Waals surface area contributed by atoms with Crippen molar-refractivity contribution in [2.45, 2.75) is 31.8 Å². The summed E-state index contributed by atoms with van der Waals surface area (Å²) in [7, 11) is 5.97. The smallest absolute Gasteiger partial charge is 0.191 e. The highest BCUT2D eigenvalue weighted by Gasteiger charge is 2.34. The Labute approximate surface area is 151 Å². The number of rotatable bonds is 7. The summed E-state index contributed by atoms with van der Waals surface area (Å²) >= 11 is 0. The Morgan fingerprint density at radius 2 is 1.88 bits per heavy atom. The molecule has 2 rings (SSSR count). The fraction of sp³-hybridized carbons (Fsp3) is 0.632. The molecule has 0 aliphatic carbocycles. The van der Waals surface area contributed by atoms with E-state index < -0.39 is 0 Å². The van der Waals surface area contributed by atoms with Crippen LogP contribution in [0.3, 0.4) is 0 Å². The number of hydrogen-bond donors (Lipinski definition) is 2. The summed E-state index contributed by atoms with van der Waals surface area (Å²) in [5, 5.41) is 6.86. The topological polar surface area (TPSA) is 58.1 Å². The van der Waals surface area contributed by atoms with Gasteiger partial charge < -0.3 is 25.0 Å². The first-order valence-corrected chi connectivity index (χ1v) is 9.00. The predicted molar refractivity (Wildman–Crippen MR) is 102 cm³/mol. The molecule has 0 saturated carbocycles. The zero-order valence-corrected chi connectivity index (χ0v) is 16.0. The van der Waals surface area contributed by atoms with Crippen molar-refractivity contribution in [3.8, 4) is 5.75 Å². The molecule has 0 bridgehead atoms. The lowest BCUT2D eigenvalue weighted by atomic mass is 9.88. The van der Waals surface area contributed by atoms with Gasteiger partial charge in [-0.2, -0.15) is 0 Å². The van der Waals surface area contributed by atoms with Crippen LogP contribution in [0.4, 0.5) is 0 Å². The minimum absolute atomic E-state index is 0.120. The van der Waals surface area contributed by atoms with Crippen LogP contribution in [0.25, 0.3) is 0 Å². The maximum absolute atomic E-state index is 5.54. The van der Waals surface area contributed by atoms with Crippen molar-refractivity contribution in [3.63, 3.8) is 0 Å². The van der Waals surface area contributed by atoms with Gasteiger partial charge in [-0.15, -0.1) is 0 Å². The lowest BCUT2D eigenvalue weighted by molar-refractivity contribution is -0.00501. The molecule has 0 radical (unpaired) electrons. The molecule has 25 heavy (non-hydrogen) atoms. The summed E-state index contributed by atoms with van der Waals surface area (Å²) in [5.41, 5.74) is 1.28. The molecule has 1 aliphatic rings. The van der Waals surface area contributed by atoms with Crippen molar-refractivity contribution in [3.05, 3.63) is 29.8 Å². The van der Waals surface area contributed by atoms with Gasteiger partial charge in [0, 0.05) is 31.8 Å². The number of guanidine groups is 1. The lowest BCUT2D eigenvalue weighted by Crippen LogP contribution is -2.57. The molecule has 1 aromatic rings. The van der Waals surface area contributed by atoms with E-state index in [-0.39, 0.29) is 5.54 Å². The van der Waals surface area contributed by atoms with Crippen LogP contribution < -0.4 is 15.4 Å². The van der Waals surface area contributed by atoms with Gasteiger partial charge in [-0.25, -0.2) is 4.99 Å². The van der Waals surface area contributed by atoms with Crippen molar-refractivity contribution in [1.29, 1.82) is 0 Å². The highest BCUT2D eigenvalue weighted by Crippen LogP contribution is 2.25. The molecule has 0 spiro atoms. The number of ether oxygens (including phenoxy) is 2. The summed E-state index contributed by atoms with van der Waals surface area (Å²) in [5.74, 6) is 1.72. The number of hydrogen-bond acceptors (Lipinski definition) is 4. The normalized spacial score (nSPS) is 17.4. The van der Waals surface area contributed by atoms with E-state index in [2.05, 4.69) is 36.6 Å². The summed E-state index contributed by atoms with van der Waals surface area (Å²) in [6, 6.07) is 8.03. The summed E-state index contributed by atoms with van der Waals surface area (Å²) < 4.78 is 10.7. The van der Waals surface area contributed by atoms with Gasteiger partial charge in [0.1, 0.15) is 5.75 Å². The van der Waals surface area contributed by atoms with Gasteiger partial charge in [-0.05, 0) is 51.6 Å². The molecule has 1 heterocycles. The van der Waals surface area contributed by atoms with Crippen LogP contribution in [0.5, 0.6) is 5.75 Å². The van der Waals surface area contributed by atoms with Crippen LogP contribution in [0, 0.1) is 0 Å². The van der Waals surface area contributed by atoms with E-state index in [1.807, 2.05) is 24.3 Å². The summed E-state index contributed by atoms with van der Waals surface area (Å²) in [4.78, 5) is 7.03. The first-order chi connectivity index (χ1) is 12.1. The van der Waals surface area contributed by atoms with Crippen LogP contribution in [-0.4, -0.2) is 63.9 Å². The Balaban J connectivity index is 1.98. The van der Waals surface area contributed by atoms with Gasteiger partial charge in [-0.1, -0.05) is 12.1 Å². The average molecular weight is 348 g/mol. The molecule has 1 fully saturated rings. The Kier molecular flexibility index (Phi) is 7.52. The van der Waals surface area contributed by atoms with E-state index in [0.29, 0.717) is 6.54 Å². The van der Waals surface area contributed by atoms with Crippen molar-refractivity contribution in [2.75, 3.05) is 47.5 Å². The third-order valence-electron chi connectivity index (χ3n) is 4.88. The van der Waals surface area contributed by atoms with Gasteiger partial charge in [0.15, 0.2) is 5.96 Å². The van der Waals surface area contributed by atoms with Gasteiger partial charge >= 0.3 is 0 Å². The Bertz CT molecular complexity index is 537. The molecular formula is C19H32N4O2. The van der Waals surface area contributed by atoms with Gasteiger partial charge in [0.2, 0.25) is 0 Å². The molecule has 0 amide bonds. The maximum Gasteiger partial charge on any atom is 0.191 e. The number of nitrogens with one attached hydrogen (secondary N) is 2. The molecule has 6 heteroatoms. The Morgan fingerprint density at radius 3 is 2.44 bits per heavy atom. The number of aliphatic imine (C=N–C) groups is 1. The zero-order valence-electron chi connectivity index (χ0n) is 16.0. The minimum Gasteiger partial charge on any atom is -0.497 e. The third kappa shape index (κ3) is 5.61.